The van der Waals surface area contributed by atoms with Gasteiger partial charge in [0, 0.05) is 56.2 Å². The van der Waals surface area contributed by atoms with E-state index in [1.165, 1.54) is 12.1 Å². The summed E-state index contributed by atoms with van der Waals surface area (Å²) in [6.07, 6.45) is 4.16. The number of ketones is 1. The molecule has 0 amide bonds. The predicted octanol–water partition coefficient (Wildman–Crippen LogP) is 5.47. The van der Waals surface area contributed by atoms with Crippen molar-refractivity contribution in [3.63, 3.8) is 0 Å². The van der Waals surface area contributed by atoms with Gasteiger partial charge in [0.2, 0.25) is 0 Å². The number of hydrogen-bond donors (Lipinski definition) is 3. The molecular formula is C28H27ClFN5O2. The zero-order valence-electron chi connectivity index (χ0n) is 20.4. The molecule has 0 unspecified atom stereocenters. The Labute approximate surface area is 219 Å². The van der Waals surface area contributed by atoms with Gasteiger partial charge in [-0.1, -0.05) is 24.6 Å². The molecule has 0 aliphatic carbocycles. The number of phenolic OH excluding ortho intramolecular Hbond substituents is 1. The lowest BCUT2D eigenvalue weighted by Gasteiger charge is -2.28. The van der Waals surface area contributed by atoms with Gasteiger partial charge in [-0.05, 0) is 47.5 Å². The van der Waals surface area contributed by atoms with E-state index >= 15 is 0 Å². The Morgan fingerprint density at radius 2 is 1.92 bits per heavy atom. The number of rotatable bonds is 7. The first-order valence-corrected chi connectivity index (χ1v) is 12.6. The summed E-state index contributed by atoms with van der Waals surface area (Å²) in [5.74, 6) is -0.356. The van der Waals surface area contributed by atoms with E-state index in [9.17, 15) is 14.3 Å². The fourth-order valence-electron chi connectivity index (χ4n) is 4.45. The highest BCUT2D eigenvalue weighted by Crippen LogP contribution is 2.36. The van der Waals surface area contributed by atoms with Gasteiger partial charge in [-0.15, -0.1) is 0 Å². The van der Waals surface area contributed by atoms with Crippen molar-refractivity contribution in [2.24, 2.45) is 0 Å². The summed E-state index contributed by atoms with van der Waals surface area (Å²) in [6, 6.07) is 12.3. The van der Waals surface area contributed by atoms with E-state index in [1.54, 1.807) is 12.4 Å². The summed E-state index contributed by atoms with van der Waals surface area (Å²) in [5.41, 5.74) is 4.22. The van der Waals surface area contributed by atoms with Gasteiger partial charge in [0.05, 0.1) is 28.1 Å². The number of aromatic nitrogens is 2. The van der Waals surface area contributed by atoms with Gasteiger partial charge in [-0.3, -0.25) is 9.78 Å². The Morgan fingerprint density at radius 1 is 1.11 bits per heavy atom. The first-order chi connectivity index (χ1) is 17.9. The van der Waals surface area contributed by atoms with Crippen molar-refractivity contribution in [2.75, 3.05) is 36.4 Å². The second kappa shape index (κ2) is 10.7. The number of aromatic hydroxyl groups is 1. The SMILES string of the molecule is CCC(=O)Cc1cnc2ccc(-c3cc(F)c(O)c(Cl)c3)cc2c1Nc1ccc(N2CCNCC2)nc1. The van der Waals surface area contributed by atoms with Crippen LogP contribution >= 0.6 is 11.6 Å². The number of carbonyl (C=O) groups is 1. The van der Waals surface area contributed by atoms with Crippen molar-refractivity contribution in [3.8, 4) is 16.9 Å². The summed E-state index contributed by atoms with van der Waals surface area (Å²) >= 11 is 6.03. The number of phenols is 1. The van der Waals surface area contributed by atoms with Crippen LogP contribution in [0.1, 0.15) is 18.9 Å². The lowest BCUT2D eigenvalue weighted by atomic mass is 9.99. The number of nitrogens with one attached hydrogen (secondary N) is 2. The average molecular weight is 520 g/mol. The van der Waals surface area contributed by atoms with Gasteiger partial charge in [-0.2, -0.15) is 0 Å². The zero-order valence-corrected chi connectivity index (χ0v) is 21.1. The largest absolute Gasteiger partial charge is 0.504 e. The Balaban J connectivity index is 1.56. The van der Waals surface area contributed by atoms with Gasteiger partial charge in [-0.25, -0.2) is 9.37 Å². The molecule has 0 radical (unpaired) electrons. The van der Waals surface area contributed by atoms with Crippen LogP contribution < -0.4 is 15.5 Å². The third kappa shape index (κ3) is 5.35. The van der Waals surface area contributed by atoms with Crippen LogP contribution in [0.2, 0.25) is 5.02 Å². The number of pyridine rings is 2. The summed E-state index contributed by atoms with van der Waals surface area (Å²) < 4.78 is 14.2. The minimum absolute atomic E-state index is 0.0653. The van der Waals surface area contributed by atoms with E-state index in [0.717, 1.165) is 59.8 Å². The van der Waals surface area contributed by atoms with Crippen LogP contribution in [0.5, 0.6) is 5.75 Å². The second-order valence-electron chi connectivity index (χ2n) is 9.01. The Morgan fingerprint density at radius 3 is 2.62 bits per heavy atom. The van der Waals surface area contributed by atoms with Crippen LogP contribution in [0, 0.1) is 5.82 Å². The molecule has 1 aliphatic rings. The Hall–Kier alpha value is -3.75. The lowest BCUT2D eigenvalue weighted by molar-refractivity contribution is -0.118. The van der Waals surface area contributed by atoms with Gasteiger partial charge < -0.3 is 20.6 Å². The smallest absolute Gasteiger partial charge is 0.170 e. The van der Waals surface area contributed by atoms with Crippen LogP contribution in [-0.4, -0.2) is 47.0 Å². The number of nitrogens with zero attached hydrogens (tertiary/aromatic N) is 3. The molecule has 0 spiro atoms. The quantitative estimate of drug-likeness (QED) is 0.298. The van der Waals surface area contributed by atoms with Crippen molar-refractivity contribution < 1.29 is 14.3 Å². The minimum atomic E-state index is -0.794. The molecule has 5 rings (SSSR count). The fourth-order valence-corrected chi connectivity index (χ4v) is 4.66. The molecule has 37 heavy (non-hydrogen) atoms. The first-order valence-electron chi connectivity index (χ1n) is 12.2. The summed E-state index contributed by atoms with van der Waals surface area (Å²) in [5, 5.41) is 17.2. The van der Waals surface area contributed by atoms with Gasteiger partial charge in [0.25, 0.3) is 0 Å². The van der Waals surface area contributed by atoms with E-state index in [-0.39, 0.29) is 17.2 Å². The van der Waals surface area contributed by atoms with E-state index in [2.05, 4.69) is 25.5 Å². The minimum Gasteiger partial charge on any atom is -0.504 e. The molecule has 1 aliphatic heterocycles. The number of halogens is 2. The molecule has 9 heteroatoms. The highest BCUT2D eigenvalue weighted by atomic mass is 35.5. The maximum absolute atomic E-state index is 14.2. The van der Waals surface area contributed by atoms with E-state index in [0.29, 0.717) is 17.5 Å². The molecule has 0 bridgehead atoms. The maximum atomic E-state index is 14.2. The number of piperazine rings is 1. The molecule has 1 fully saturated rings. The number of fused-ring (bicyclic) bond motifs is 1. The molecule has 0 saturated carbocycles. The molecule has 1 saturated heterocycles. The topological polar surface area (TPSA) is 90.4 Å². The summed E-state index contributed by atoms with van der Waals surface area (Å²) in [4.78, 5) is 23.8. The molecule has 0 atom stereocenters. The predicted molar refractivity (Wildman–Crippen MR) is 145 cm³/mol. The monoisotopic (exact) mass is 519 g/mol. The van der Waals surface area contributed by atoms with Crippen molar-refractivity contribution >= 4 is 45.5 Å². The second-order valence-corrected chi connectivity index (χ2v) is 9.42. The van der Waals surface area contributed by atoms with Gasteiger partial charge >= 0.3 is 0 Å². The summed E-state index contributed by atoms with van der Waals surface area (Å²) in [6.45, 7) is 5.51. The van der Waals surface area contributed by atoms with E-state index in [1.807, 2.05) is 37.3 Å². The maximum Gasteiger partial charge on any atom is 0.170 e. The first kappa shape index (κ1) is 24.9. The molecule has 7 nitrogen and oxygen atoms in total. The number of benzene rings is 2. The van der Waals surface area contributed by atoms with E-state index in [4.69, 9.17) is 11.6 Å². The van der Waals surface area contributed by atoms with Crippen LogP contribution in [0.25, 0.3) is 22.0 Å². The highest BCUT2D eigenvalue weighted by molar-refractivity contribution is 6.32. The highest BCUT2D eigenvalue weighted by Gasteiger charge is 2.16. The number of carbonyl (C=O) groups excluding carboxylic acids is 1. The lowest BCUT2D eigenvalue weighted by Crippen LogP contribution is -2.43. The van der Waals surface area contributed by atoms with Crippen LogP contribution in [-0.2, 0) is 11.2 Å². The van der Waals surface area contributed by atoms with Crippen molar-refractivity contribution in [1.82, 2.24) is 15.3 Å². The number of Topliss-reactive ketones (excluding diaryl/α,β-unsaturated/α-hetero) is 1. The molecule has 190 valence electrons. The third-order valence-electron chi connectivity index (χ3n) is 6.54. The van der Waals surface area contributed by atoms with E-state index < -0.39 is 11.6 Å². The Kier molecular flexibility index (Phi) is 7.21. The average Bonchev–Trinajstić information content (AvgIpc) is 2.93. The molecule has 2 aromatic heterocycles. The standard InChI is InChI=1S/C28H27ClFN5O2/c1-2-21(36)11-19-15-32-25-5-3-17(18-13-23(29)28(37)24(30)14-18)12-22(25)27(19)34-20-4-6-26(33-16-20)35-9-7-31-8-10-35/h3-6,12-16,31,37H,2,7-11H2,1H3,(H,32,34). The molecule has 2 aromatic carbocycles. The van der Waals surface area contributed by atoms with Crippen molar-refractivity contribution in [1.29, 1.82) is 0 Å². The number of anilines is 3. The van der Waals surface area contributed by atoms with Crippen LogP contribution in [0.3, 0.4) is 0 Å². The normalized spacial score (nSPS) is 13.6. The molecule has 4 aromatic rings. The van der Waals surface area contributed by atoms with Crippen molar-refractivity contribution in [3.05, 3.63) is 71.3 Å². The van der Waals surface area contributed by atoms with Crippen LogP contribution in [0.15, 0.2) is 54.9 Å². The molecule has 3 heterocycles. The van der Waals surface area contributed by atoms with Gasteiger partial charge in [0.15, 0.2) is 11.6 Å². The molecule has 3 N–H and O–H groups in total. The van der Waals surface area contributed by atoms with Crippen molar-refractivity contribution in [2.45, 2.75) is 19.8 Å². The Bertz CT molecular complexity index is 1430. The third-order valence-corrected chi connectivity index (χ3v) is 6.82. The van der Waals surface area contributed by atoms with Crippen LogP contribution in [0.4, 0.5) is 21.6 Å². The molecular weight excluding hydrogens is 493 g/mol. The van der Waals surface area contributed by atoms with Gasteiger partial charge in [0.1, 0.15) is 11.6 Å². The number of hydrogen-bond acceptors (Lipinski definition) is 7. The zero-order chi connectivity index (χ0) is 25.9. The summed E-state index contributed by atoms with van der Waals surface area (Å²) in [7, 11) is 0. The fraction of sp³-hybridized carbons (Fsp3) is 0.250.